The number of carbonyl (C=O) groups excluding carboxylic acids is 1. The fourth-order valence-corrected chi connectivity index (χ4v) is 5.61. The first-order valence-corrected chi connectivity index (χ1v) is 12.0. The van der Waals surface area contributed by atoms with Gasteiger partial charge in [0.25, 0.3) is 0 Å². The van der Waals surface area contributed by atoms with E-state index in [0.717, 1.165) is 64.3 Å². The number of carbonyl (C=O) groups is 1. The van der Waals surface area contributed by atoms with Crippen LogP contribution in [-0.2, 0) is 4.79 Å². The highest BCUT2D eigenvalue weighted by Crippen LogP contribution is 2.46. The molecule has 0 aliphatic carbocycles. The Labute approximate surface area is 184 Å². The zero-order valence-corrected chi connectivity index (χ0v) is 18.9. The van der Waals surface area contributed by atoms with Gasteiger partial charge in [-0.2, -0.15) is 0 Å². The van der Waals surface area contributed by atoms with E-state index in [1.165, 1.54) is 15.5 Å². The maximum Gasteiger partial charge on any atom is 0.225 e. The number of benzene rings is 1. The second-order valence-electron chi connectivity index (χ2n) is 8.03. The van der Waals surface area contributed by atoms with Gasteiger partial charge in [-0.3, -0.25) is 4.79 Å². The molecular formula is C24H32N4OS. The highest BCUT2D eigenvalue weighted by Gasteiger charge is 2.28. The Kier molecular flexibility index (Phi) is 6.95. The van der Waals surface area contributed by atoms with Gasteiger partial charge in [0.05, 0.1) is 10.6 Å². The number of pyridine rings is 1. The molecule has 1 aromatic heterocycles. The minimum absolute atomic E-state index is 0.211. The largest absolute Gasteiger partial charge is 0.343 e. The minimum atomic E-state index is 0.211. The van der Waals surface area contributed by atoms with Gasteiger partial charge >= 0.3 is 0 Å². The van der Waals surface area contributed by atoms with E-state index in [1.807, 2.05) is 17.2 Å². The molecule has 3 heterocycles. The van der Waals surface area contributed by atoms with Crippen molar-refractivity contribution in [1.29, 1.82) is 0 Å². The van der Waals surface area contributed by atoms with E-state index < -0.39 is 0 Å². The molecule has 0 saturated carbocycles. The Morgan fingerprint density at radius 1 is 1.07 bits per heavy atom. The van der Waals surface area contributed by atoms with E-state index >= 15 is 0 Å². The average Bonchev–Trinajstić information content (AvgIpc) is 2.79. The molecule has 2 aliphatic rings. The SMILES string of the molecule is CCN(CC)C(=O)C1CCN(CCCN2c3ccccc3Sc3cccnc32)CC1. The van der Waals surface area contributed by atoms with E-state index in [9.17, 15) is 4.79 Å². The van der Waals surface area contributed by atoms with Crippen LogP contribution in [0, 0.1) is 5.92 Å². The number of rotatable bonds is 7. The van der Waals surface area contributed by atoms with Crippen molar-refractivity contribution in [3.05, 3.63) is 42.6 Å². The van der Waals surface area contributed by atoms with Crippen molar-refractivity contribution < 1.29 is 4.79 Å². The standard InChI is InChI=1S/C24H32N4OS/c1-3-27(4-2)24(29)19-12-17-26(18-13-19)15-8-16-28-20-9-5-6-10-21(20)30-22-11-7-14-25-23(22)28/h5-7,9-11,14,19H,3-4,8,12-13,15-18H2,1-2H3. The molecule has 6 heteroatoms. The van der Waals surface area contributed by atoms with E-state index in [4.69, 9.17) is 0 Å². The number of para-hydroxylation sites is 1. The molecule has 30 heavy (non-hydrogen) atoms. The van der Waals surface area contributed by atoms with Crippen molar-refractivity contribution in [1.82, 2.24) is 14.8 Å². The summed E-state index contributed by atoms with van der Waals surface area (Å²) >= 11 is 1.81. The van der Waals surface area contributed by atoms with Gasteiger partial charge in [-0.15, -0.1) is 0 Å². The predicted octanol–water partition coefficient (Wildman–Crippen LogP) is 4.65. The van der Waals surface area contributed by atoms with Crippen molar-refractivity contribution in [2.24, 2.45) is 5.92 Å². The highest BCUT2D eigenvalue weighted by atomic mass is 32.2. The van der Waals surface area contributed by atoms with Gasteiger partial charge in [0.2, 0.25) is 5.91 Å². The summed E-state index contributed by atoms with van der Waals surface area (Å²) in [6, 6.07) is 12.8. The maximum absolute atomic E-state index is 12.6. The van der Waals surface area contributed by atoms with Gasteiger partial charge in [0.15, 0.2) is 0 Å². The van der Waals surface area contributed by atoms with Gasteiger partial charge in [-0.25, -0.2) is 4.98 Å². The lowest BCUT2D eigenvalue weighted by atomic mass is 9.95. The van der Waals surface area contributed by atoms with Crippen LogP contribution in [0.5, 0.6) is 0 Å². The Balaban J connectivity index is 1.32. The fourth-order valence-electron chi connectivity index (χ4n) is 4.54. The summed E-state index contributed by atoms with van der Waals surface area (Å²) < 4.78 is 0. The number of likely N-dealkylation sites (tertiary alicyclic amines) is 1. The van der Waals surface area contributed by atoms with Crippen molar-refractivity contribution in [2.45, 2.75) is 42.9 Å². The molecule has 0 N–H and O–H groups in total. The third kappa shape index (κ3) is 4.49. The third-order valence-corrected chi connectivity index (χ3v) is 7.35. The second kappa shape index (κ2) is 9.84. The first-order chi connectivity index (χ1) is 14.7. The van der Waals surface area contributed by atoms with Crippen LogP contribution in [-0.4, -0.2) is 60.0 Å². The number of amides is 1. The van der Waals surface area contributed by atoms with Crippen molar-refractivity contribution >= 4 is 29.2 Å². The minimum Gasteiger partial charge on any atom is -0.343 e. The number of hydrogen-bond donors (Lipinski definition) is 0. The van der Waals surface area contributed by atoms with E-state index in [1.54, 1.807) is 11.8 Å². The summed E-state index contributed by atoms with van der Waals surface area (Å²) in [5, 5.41) is 0. The Morgan fingerprint density at radius 2 is 1.80 bits per heavy atom. The van der Waals surface area contributed by atoms with Crippen LogP contribution in [0.2, 0.25) is 0 Å². The molecule has 5 nitrogen and oxygen atoms in total. The molecular weight excluding hydrogens is 392 g/mol. The van der Waals surface area contributed by atoms with Crippen molar-refractivity contribution in [3.8, 4) is 0 Å². The lowest BCUT2D eigenvalue weighted by molar-refractivity contribution is -0.136. The van der Waals surface area contributed by atoms with E-state index in [-0.39, 0.29) is 5.92 Å². The Morgan fingerprint density at radius 3 is 2.57 bits per heavy atom. The van der Waals surface area contributed by atoms with Crippen LogP contribution in [0.25, 0.3) is 0 Å². The molecule has 1 fully saturated rings. The third-order valence-electron chi connectivity index (χ3n) is 6.25. The quantitative estimate of drug-likeness (QED) is 0.647. The molecule has 1 aromatic carbocycles. The number of hydrogen-bond acceptors (Lipinski definition) is 5. The number of nitrogens with zero attached hydrogens (tertiary/aromatic N) is 4. The molecule has 0 spiro atoms. The predicted molar refractivity (Wildman–Crippen MR) is 124 cm³/mol. The molecule has 2 aliphatic heterocycles. The molecule has 0 atom stereocenters. The molecule has 0 bridgehead atoms. The van der Waals surface area contributed by atoms with Crippen molar-refractivity contribution in [3.63, 3.8) is 0 Å². The first-order valence-electron chi connectivity index (χ1n) is 11.2. The van der Waals surface area contributed by atoms with Crippen LogP contribution in [0.4, 0.5) is 11.5 Å². The average molecular weight is 425 g/mol. The monoisotopic (exact) mass is 424 g/mol. The number of piperidine rings is 1. The van der Waals surface area contributed by atoms with Gasteiger partial charge in [-0.1, -0.05) is 23.9 Å². The summed E-state index contributed by atoms with van der Waals surface area (Å²) in [5.41, 5.74) is 1.26. The maximum atomic E-state index is 12.6. The van der Waals surface area contributed by atoms with Crippen LogP contribution < -0.4 is 4.90 Å². The molecule has 2 aromatic rings. The van der Waals surface area contributed by atoms with Crippen molar-refractivity contribution in [2.75, 3.05) is 44.2 Å². The van der Waals surface area contributed by atoms with Gasteiger partial charge < -0.3 is 14.7 Å². The van der Waals surface area contributed by atoms with Gasteiger partial charge in [0, 0.05) is 36.6 Å². The van der Waals surface area contributed by atoms with E-state index in [0.29, 0.717) is 5.91 Å². The molecule has 0 unspecified atom stereocenters. The van der Waals surface area contributed by atoms with Crippen LogP contribution in [0.3, 0.4) is 0 Å². The van der Waals surface area contributed by atoms with Crippen LogP contribution in [0.15, 0.2) is 52.4 Å². The van der Waals surface area contributed by atoms with Gasteiger partial charge in [0.1, 0.15) is 5.82 Å². The Hall–Kier alpha value is -2.05. The smallest absolute Gasteiger partial charge is 0.225 e. The summed E-state index contributed by atoms with van der Waals surface area (Å²) in [5.74, 6) is 1.64. The summed E-state index contributed by atoms with van der Waals surface area (Å²) in [6.45, 7) is 9.86. The highest BCUT2D eigenvalue weighted by molar-refractivity contribution is 7.99. The molecule has 1 amide bonds. The zero-order valence-electron chi connectivity index (χ0n) is 18.1. The summed E-state index contributed by atoms with van der Waals surface area (Å²) in [7, 11) is 0. The summed E-state index contributed by atoms with van der Waals surface area (Å²) in [4.78, 5) is 26.7. The first kappa shape index (κ1) is 21.2. The number of aromatic nitrogens is 1. The fraction of sp³-hybridized carbons (Fsp3) is 0.500. The number of fused-ring (bicyclic) bond motifs is 2. The topological polar surface area (TPSA) is 39.7 Å². The molecule has 1 saturated heterocycles. The Bertz CT molecular complexity index is 816. The molecule has 4 rings (SSSR count). The normalized spacial score (nSPS) is 16.8. The number of anilines is 2. The summed E-state index contributed by atoms with van der Waals surface area (Å²) in [6.07, 6.45) is 4.95. The van der Waals surface area contributed by atoms with Crippen LogP contribution >= 0.6 is 11.8 Å². The molecule has 0 radical (unpaired) electrons. The second-order valence-corrected chi connectivity index (χ2v) is 9.11. The lowest BCUT2D eigenvalue weighted by Gasteiger charge is -2.35. The molecule has 160 valence electrons. The lowest BCUT2D eigenvalue weighted by Crippen LogP contribution is -2.43. The zero-order chi connectivity index (χ0) is 20.9. The van der Waals surface area contributed by atoms with Crippen LogP contribution in [0.1, 0.15) is 33.1 Å². The van der Waals surface area contributed by atoms with Gasteiger partial charge in [-0.05, 0) is 77.0 Å². The van der Waals surface area contributed by atoms with E-state index in [2.05, 4.69) is 59.0 Å².